The van der Waals surface area contributed by atoms with Gasteiger partial charge in [-0.3, -0.25) is 0 Å². The van der Waals surface area contributed by atoms with Gasteiger partial charge >= 0.3 is 6.09 Å². The van der Waals surface area contributed by atoms with Crippen molar-refractivity contribution < 1.29 is 9.53 Å². The highest BCUT2D eigenvalue weighted by atomic mass is 16.6. The second-order valence-electron chi connectivity index (χ2n) is 7.16. The summed E-state index contributed by atoms with van der Waals surface area (Å²) in [4.78, 5) is 13.8. The molecule has 0 saturated carbocycles. The third-order valence-corrected chi connectivity index (χ3v) is 3.61. The highest BCUT2D eigenvalue weighted by Gasteiger charge is 2.20. The van der Waals surface area contributed by atoms with Gasteiger partial charge in [0.1, 0.15) is 5.60 Å². The molecule has 1 atom stereocenters. The Morgan fingerprint density at radius 2 is 1.78 bits per heavy atom. The molecule has 1 amide bonds. The molecule has 1 unspecified atom stereocenters. The van der Waals surface area contributed by atoms with Crippen LogP contribution in [0.4, 0.5) is 4.79 Å². The van der Waals surface area contributed by atoms with Crippen LogP contribution in [0, 0.1) is 13.8 Å². The fourth-order valence-electron chi connectivity index (χ4n) is 2.50. The van der Waals surface area contributed by atoms with Crippen molar-refractivity contribution in [2.24, 2.45) is 0 Å². The van der Waals surface area contributed by atoms with Gasteiger partial charge in [0.25, 0.3) is 0 Å². The molecule has 1 aromatic rings. The van der Waals surface area contributed by atoms with E-state index in [-0.39, 0.29) is 12.1 Å². The first-order valence-corrected chi connectivity index (χ1v) is 8.42. The van der Waals surface area contributed by atoms with Crippen LogP contribution >= 0.6 is 0 Å². The number of amides is 1. The van der Waals surface area contributed by atoms with Crippen molar-refractivity contribution in [2.45, 2.75) is 60.1 Å². The summed E-state index contributed by atoms with van der Waals surface area (Å²) in [6, 6.07) is 6.84. The number of carbonyl (C=O) groups is 1. The van der Waals surface area contributed by atoms with Crippen LogP contribution in [0.15, 0.2) is 18.2 Å². The molecule has 4 heteroatoms. The maximum Gasteiger partial charge on any atom is 0.410 e. The van der Waals surface area contributed by atoms with E-state index in [4.69, 9.17) is 4.74 Å². The SMILES string of the molecule is CCN(CCNC(C)c1cc(C)cc(C)c1)C(=O)OC(C)(C)C. The Labute approximate surface area is 141 Å². The summed E-state index contributed by atoms with van der Waals surface area (Å²) < 4.78 is 5.42. The van der Waals surface area contributed by atoms with Crippen molar-refractivity contribution >= 4 is 6.09 Å². The molecule has 0 aromatic heterocycles. The van der Waals surface area contributed by atoms with Gasteiger partial charge in [0.15, 0.2) is 0 Å². The average molecular weight is 320 g/mol. The number of likely N-dealkylation sites (N-methyl/N-ethyl adjacent to an activating group) is 1. The van der Waals surface area contributed by atoms with Crippen molar-refractivity contribution in [3.8, 4) is 0 Å². The first-order valence-electron chi connectivity index (χ1n) is 8.42. The summed E-state index contributed by atoms with van der Waals surface area (Å²) in [5, 5.41) is 3.49. The lowest BCUT2D eigenvalue weighted by molar-refractivity contribution is 0.0261. The molecule has 0 aliphatic heterocycles. The van der Waals surface area contributed by atoms with E-state index in [2.05, 4.69) is 44.3 Å². The standard InChI is InChI=1S/C19H32N2O2/c1-8-21(18(22)23-19(5,6)7)10-9-20-16(4)17-12-14(2)11-15(3)13-17/h11-13,16,20H,8-10H2,1-7H3. The molecule has 0 fully saturated rings. The molecule has 0 aliphatic rings. The summed E-state index contributed by atoms with van der Waals surface area (Å²) in [5.41, 5.74) is 3.38. The Morgan fingerprint density at radius 3 is 2.26 bits per heavy atom. The zero-order valence-electron chi connectivity index (χ0n) is 15.7. The maximum atomic E-state index is 12.1. The van der Waals surface area contributed by atoms with Gasteiger partial charge in [0.05, 0.1) is 0 Å². The Bertz CT molecular complexity index is 500. The molecule has 4 nitrogen and oxygen atoms in total. The van der Waals surface area contributed by atoms with Gasteiger partial charge in [-0.15, -0.1) is 0 Å². The van der Waals surface area contributed by atoms with Gasteiger partial charge in [-0.1, -0.05) is 29.3 Å². The number of hydrogen-bond acceptors (Lipinski definition) is 3. The minimum Gasteiger partial charge on any atom is -0.444 e. The summed E-state index contributed by atoms with van der Waals surface area (Å²) in [5.74, 6) is 0. The first kappa shape index (κ1) is 19.5. The number of aryl methyl sites for hydroxylation is 2. The third kappa shape index (κ3) is 7.04. The van der Waals surface area contributed by atoms with Crippen molar-refractivity contribution in [1.29, 1.82) is 0 Å². The Kier molecular flexibility index (Phi) is 7.07. The largest absolute Gasteiger partial charge is 0.444 e. The smallest absolute Gasteiger partial charge is 0.410 e. The minimum atomic E-state index is -0.454. The molecule has 0 heterocycles. The summed E-state index contributed by atoms with van der Waals surface area (Å²) in [7, 11) is 0. The van der Waals surface area contributed by atoms with Crippen LogP contribution in [0.1, 0.15) is 57.4 Å². The van der Waals surface area contributed by atoms with Gasteiger partial charge in [-0.05, 0) is 54.0 Å². The molecule has 23 heavy (non-hydrogen) atoms. The molecule has 0 saturated heterocycles. The van der Waals surface area contributed by atoms with Gasteiger partial charge in [-0.2, -0.15) is 0 Å². The average Bonchev–Trinajstić information content (AvgIpc) is 2.40. The van der Waals surface area contributed by atoms with Gasteiger partial charge < -0.3 is 15.0 Å². The van der Waals surface area contributed by atoms with Gasteiger partial charge in [0, 0.05) is 25.7 Å². The number of nitrogens with one attached hydrogen (secondary N) is 1. The lowest BCUT2D eigenvalue weighted by Gasteiger charge is -2.27. The van der Waals surface area contributed by atoms with Gasteiger partial charge in [0.2, 0.25) is 0 Å². The monoisotopic (exact) mass is 320 g/mol. The van der Waals surface area contributed by atoms with Crippen molar-refractivity contribution in [2.75, 3.05) is 19.6 Å². The van der Waals surface area contributed by atoms with Crippen LogP contribution in [-0.2, 0) is 4.74 Å². The third-order valence-electron chi connectivity index (χ3n) is 3.61. The van der Waals surface area contributed by atoms with E-state index < -0.39 is 5.60 Å². The van der Waals surface area contributed by atoms with E-state index in [1.54, 1.807) is 4.90 Å². The van der Waals surface area contributed by atoms with E-state index >= 15 is 0 Å². The predicted octanol–water partition coefficient (Wildman–Crippen LogP) is 4.21. The van der Waals surface area contributed by atoms with Gasteiger partial charge in [-0.25, -0.2) is 4.79 Å². The van der Waals surface area contributed by atoms with Crippen LogP contribution in [-0.4, -0.2) is 36.2 Å². The molecular weight excluding hydrogens is 288 g/mol. The molecule has 1 aromatic carbocycles. The summed E-state index contributed by atoms with van der Waals surface area (Å²) in [6.45, 7) is 16.0. The van der Waals surface area contributed by atoms with Crippen LogP contribution in [0.25, 0.3) is 0 Å². The van der Waals surface area contributed by atoms with Crippen LogP contribution in [0.3, 0.4) is 0 Å². The van der Waals surface area contributed by atoms with E-state index in [1.807, 2.05) is 27.7 Å². The fraction of sp³-hybridized carbons (Fsp3) is 0.632. The van der Waals surface area contributed by atoms with Crippen molar-refractivity contribution in [1.82, 2.24) is 10.2 Å². The van der Waals surface area contributed by atoms with Crippen molar-refractivity contribution in [3.05, 3.63) is 34.9 Å². The lowest BCUT2D eigenvalue weighted by Crippen LogP contribution is -2.40. The van der Waals surface area contributed by atoms with Crippen molar-refractivity contribution in [3.63, 3.8) is 0 Å². The molecule has 0 bridgehead atoms. The number of hydrogen-bond donors (Lipinski definition) is 1. The molecule has 1 N–H and O–H groups in total. The number of benzene rings is 1. The Morgan fingerprint density at radius 1 is 1.22 bits per heavy atom. The highest BCUT2D eigenvalue weighted by molar-refractivity contribution is 5.68. The van der Waals surface area contributed by atoms with Crippen LogP contribution in [0.2, 0.25) is 0 Å². The number of nitrogens with zero attached hydrogens (tertiary/aromatic N) is 1. The van der Waals surface area contributed by atoms with Crippen LogP contribution < -0.4 is 5.32 Å². The van der Waals surface area contributed by atoms with E-state index in [0.717, 1.165) is 6.54 Å². The van der Waals surface area contributed by atoms with E-state index in [1.165, 1.54) is 16.7 Å². The quantitative estimate of drug-likeness (QED) is 0.853. The van der Waals surface area contributed by atoms with E-state index in [9.17, 15) is 4.79 Å². The summed E-state index contributed by atoms with van der Waals surface area (Å²) >= 11 is 0. The normalized spacial score (nSPS) is 12.8. The van der Waals surface area contributed by atoms with Crippen LogP contribution in [0.5, 0.6) is 0 Å². The topological polar surface area (TPSA) is 41.6 Å². The number of rotatable bonds is 6. The zero-order valence-corrected chi connectivity index (χ0v) is 15.7. The number of ether oxygens (including phenoxy) is 1. The second-order valence-corrected chi connectivity index (χ2v) is 7.16. The molecule has 0 spiro atoms. The van der Waals surface area contributed by atoms with E-state index in [0.29, 0.717) is 13.1 Å². The maximum absolute atomic E-state index is 12.1. The fourth-order valence-corrected chi connectivity index (χ4v) is 2.50. The highest BCUT2D eigenvalue weighted by Crippen LogP contribution is 2.16. The molecule has 0 aliphatic carbocycles. The lowest BCUT2D eigenvalue weighted by atomic mass is 10.0. The predicted molar refractivity (Wildman–Crippen MR) is 95.8 cm³/mol. The molecule has 1 rings (SSSR count). The second kappa shape index (κ2) is 8.34. The summed E-state index contributed by atoms with van der Waals surface area (Å²) in [6.07, 6.45) is -0.249. The minimum absolute atomic E-state index is 0.249. The molecular formula is C19H32N2O2. The first-order chi connectivity index (χ1) is 10.6. The zero-order chi connectivity index (χ0) is 17.6. The molecule has 0 radical (unpaired) electrons. The Hall–Kier alpha value is -1.55. The molecule has 130 valence electrons. The number of carbonyl (C=O) groups excluding carboxylic acids is 1. The Balaban J connectivity index is 2.52.